The number of rotatable bonds is 4. The van der Waals surface area contributed by atoms with E-state index in [4.69, 9.17) is 5.11 Å². The van der Waals surface area contributed by atoms with Crippen LogP contribution in [0.4, 0.5) is 0 Å². The van der Waals surface area contributed by atoms with Gasteiger partial charge in [0.25, 0.3) is 0 Å². The maximum Gasteiger partial charge on any atom is 0.335 e. The van der Waals surface area contributed by atoms with Gasteiger partial charge in [-0.3, -0.25) is 4.90 Å². The molecule has 0 radical (unpaired) electrons. The second-order valence-electron chi connectivity index (χ2n) is 5.40. The fourth-order valence-electron chi connectivity index (χ4n) is 2.69. The zero-order valence-electron chi connectivity index (χ0n) is 11.3. The van der Waals surface area contributed by atoms with Gasteiger partial charge in [0.1, 0.15) is 0 Å². The van der Waals surface area contributed by atoms with Gasteiger partial charge in [0, 0.05) is 13.1 Å². The highest BCUT2D eigenvalue weighted by Crippen LogP contribution is 2.25. The van der Waals surface area contributed by atoms with E-state index in [1.807, 2.05) is 13.0 Å². The number of hydrogen-bond donors (Lipinski definition) is 2. The summed E-state index contributed by atoms with van der Waals surface area (Å²) in [6.45, 7) is 4.33. The van der Waals surface area contributed by atoms with E-state index in [0.717, 1.165) is 31.4 Å². The minimum absolute atomic E-state index is 0.320. The topological polar surface area (TPSA) is 60.8 Å². The van der Waals surface area contributed by atoms with Crippen LogP contribution in [0.5, 0.6) is 0 Å². The summed E-state index contributed by atoms with van der Waals surface area (Å²) in [5, 5.41) is 19.3. The first-order valence-electron chi connectivity index (χ1n) is 6.79. The third-order valence-electron chi connectivity index (χ3n) is 3.87. The van der Waals surface area contributed by atoms with Crippen molar-refractivity contribution in [3.05, 3.63) is 35.4 Å². The molecule has 1 aliphatic rings. The van der Waals surface area contributed by atoms with Crippen molar-refractivity contribution in [2.45, 2.75) is 38.3 Å². The molecule has 0 amide bonds. The molecule has 1 heterocycles. The van der Waals surface area contributed by atoms with Gasteiger partial charge in [-0.15, -0.1) is 0 Å². The number of benzene rings is 1. The van der Waals surface area contributed by atoms with E-state index < -0.39 is 11.6 Å². The minimum atomic E-state index is -0.898. The molecule has 0 bridgehead atoms. The van der Waals surface area contributed by atoms with Crippen molar-refractivity contribution >= 4 is 5.97 Å². The van der Waals surface area contributed by atoms with Crippen LogP contribution in [0.3, 0.4) is 0 Å². The second-order valence-corrected chi connectivity index (χ2v) is 5.40. The quantitative estimate of drug-likeness (QED) is 0.873. The van der Waals surface area contributed by atoms with Crippen LogP contribution in [0.25, 0.3) is 0 Å². The molecule has 1 saturated heterocycles. The maximum atomic E-state index is 10.9. The Hall–Kier alpha value is -1.39. The summed E-state index contributed by atoms with van der Waals surface area (Å²) in [5.41, 5.74) is 0.725. The summed E-state index contributed by atoms with van der Waals surface area (Å²) in [5.74, 6) is -0.898. The maximum absolute atomic E-state index is 10.9. The molecule has 0 aromatic heterocycles. The van der Waals surface area contributed by atoms with Crippen LogP contribution in [0.2, 0.25) is 0 Å². The molecule has 1 aromatic carbocycles. The highest BCUT2D eigenvalue weighted by Gasteiger charge is 2.31. The first-order chi connectivity index (χ1) is 9.02. The van der Waals surface area contributed by atoms with Gasteiger partial charge in [0.15, 0.2) is 0 Å². The van der Waals surface area contributed by atoms with E-state index in [-0.39, 0.29) is 0 Å². The number of hydrogen-bond acceptors (Lipinski definition) is 3. The SMILES string of the molecule is CC[C@]1(O)CCCN(Cc2cccc(C(=O)O)c2)C1. The Morgan fingerprint density at radius 3 is 2.95 bits per heavy atom. The number of likely N-dealkylation sites (tertiary alicyclic amines) is 1. The molecule has 104 valence electrons. The van der Waals surface area contributed by atoms with Gasteiger partial charge >= 0.3 is 5.97 Å². The lowest BCUT2D eigenvalue weighted by molar-refractivity contribution is -0.0357. The van der Waals surface area contributed by atoms with Crippen molar-refractivity contribution in [3.63, 3.8) is 0 Å². The molecular weight excluding hydrogens is 242 g/mol. The number of carboxylic acid groups (broad SMARTS) is 1. The van der Waals surface area contributed by atoms with E-state index in [0.29, 0.717) is 18.7 Å². The smallest absolute Gasteiger partial charge is 0.335 e. The largest absolute Gasteiger partial charge is 0.478 e. The Balaban J connectivity index is 2.04. The fraction of sp³-hybridized carbons (Fsp3) is 0.533. The molecule has 19 heavy (non-hydrogen) atoms. The highest BCUT2D eigenvalue weighted by molar-refractivity contribution is 5.87. The molecule has 0 saturated carbocycles. The van der Waals surface area contributed by atoms with Gasteiger partial charge in [0.2, 0.25) is 0 Å². The lowest BCUT2D eigenvalue weighted by atomic mass is 9.90. The average Bonchev–Trinajstić information content (AvgIpc) is 2.39. The second kappa shape index (κ2) is 5.72. The number of β-amino-alcohol motifs (C(OH)–C–C–N with tert-alkyl or cyclic N) is 1. The molecule has 0 unspecified atom stereocenters. The Bertz CT molecular complexity index is 460. The summed E-state index contributed by atoms with van der Waals surface area (Å²) < 4.78 is 0. The van der Waals surface area contributed by atoms with Crippen molar-refractivity contribution in [2.24, 2.45) is 0 Å². The zero-order chi connectivity index (χ0) is 13.9. The van der Waals surface area contributed by atoms with Gasteiger partial charge in [-0.05, 0) is 43.5 Å². The fourth-order valence-corrected chi connectivity index (χ4v) is 2.69. The van der Waals surface area contributed by atoms with E-state index >= 15 is 0 Å². The first kappa shape index (κ1) is 14.0. The summed E-state index contributed by atoms with van der Waals surface area (Å²) in [6, 6.07) is 7.02. The van der Waals surface area contributed by atoms with Gasteiger partial charge in [0.05, 0.1) is 11.2 Å². The standard InChI is InChI=1S/C15H21NO3/c1-2-15(19)7-4-8-16(11-15)10-12-5-3-6-13(9-12)14(17)18/h3,5-6,9,19H,2,4,7-8,10-11H2,1H3,(H,17,18)/t15-/m0/s1. The number of carbonyl (C=O) groups is 1. The molecule has 1 aliphatic heterocycles. The molecule has 0 aliphatic carbocycles. The Morgan fingerprint density at radius 2 is 2.26 bits per heavy atom. The third-order valence-corrected chi connectivity index (χ3v) is 3.87. The van der Waals surface area contributed by atoms with Crippen molar-refractivity contribution < 1.29 is 15.0 Å². The molecule has 4 heteroatoms. The monoisotopic (exact) mass is 263 g/mol. The van der Waals surface area contributed by atoms with Gasteiger partial charge in [-0.25, -0.2) is 4.79 Å². The summed E-state index contributed by atoms with van der Waals surface area (Å²) in [7, 11) is 0. The Kier molecular flexibility index (Phi) is 4.22. The number of piperidine rings is 1. The lowest BCUT2D eigenvalue weighted by Gasteiger charge is -2.38. The van der Waals surface area contributed by atoms with E-state index in [9.17, 15) is 9.90 Å². The van der Waals surface area contributed by atoms with E-state index in [1.54, 1.807) is 18.2 Å². The van der Waals surface area contributed by atoms with Gasteiger partial charge < -0.3 is 10.2 Å². The summed E-state index contributed by atoms with van der Waals surface area (Å²) in [4.78, 5) is 13.1. The van der Waals surface area contributed by atoms with Crippen LogP contribution in [0.15, 0.2) is 24.3 Å². The normalized spacial score (nSPS) is 24.3. The lowest BCUT2D eigenvalue weighted by Crippen LogP contribution is -2.47. The highest BCUT2D eigenvalue weighted by atomic mass is 16.4. The van der Waals surface area contributed by atoms with E-state index in [2.05, 4.69) is 4.90 Å². The van der Waals surface area contributed by atoms with Gasteiger partial charge in [-0.1, -0.05) is 19.1 Å². The molecule has 4 nitrogen and oxygen atoms in total. The van der Waals surface area contributed by atoms with E-state index in [1.165, 1.54) is 0 Å². The summed E-state index contributed by atoms with van der Waals surface area (Å²) in [6.07, 6.45) is 2.61. The zero-order valence-corrected chi connectivity index (χ0v) is 11.3. The molecule has 0 spiro atoms. The van der Waals surface area contributed by atoms with Crippen LogP contribution in [0.1, 0.15) is 42.1 Å². The predicted molar refractivity (Wildman–Crippen MR) is 73.2 cm³/mol. The van der Waals surface area contributed by atoms with Gasteiger partial charge in [-0.2, -0.15) is 0 Å². The molecule has 2 N–H and O–H groups in total. The molecule has 2 rings (SSSR count). The minimum Gasteiger partial charge on any atom is -0.478 e. The van der Waals surface area contributed by atoms with Crippen LogP contribution < -0.4 is 0 Å². The van der Waals surface area contributed by atoms with Crippen LogP contribution in [0, 0.1) is 0 Å². The third kappa shape index (κ3) is 3.55. The number of carboxylic acids is 1. The number of aromatic carboxylic acids is 1. The van der Waals surface area contributed by atoms with Crippen molar-refractivity contribution in [2.75, 3.05) is 13.1 Å². The average molecular weight is 263 g/mol. The van der Waals surface area contributed by atoms with Crippen LogP contribution in [-0.2, 0) is 6.54 Å². The predicted octanol–water partition coefficient (Wildman–Crippen LogP) is 2.12. The van der Waals surface area contributed by atoms with Crippen molar-refractivity contribution in [1.29, 1.82) is 0 Å². The molecular formula is C15H21NO3. The molecule has 1 fully saturated rings. The first-order valence-corrected chi connectivity index (χ1v) is 6.79. The Morgan fingerprint density at radius 1 is 1.47 bits per heavy atom. The Labute approximate surface area is 113 Å². The van der Waals surface area contributed by atoms with Crippen LogP contribution in [-0.4, -0.2) is 39.8 Å². The molecule has 1 atom stereocenters. The number of nitrogens with zero attached hydrogens (tertiary/aromatic N) is 1. The molecule has 1 aromatic rings. The van der Waals surface area contributed by atoms with Crippen LogP contribution >= 0.6 is 0 Å². The summed E-state index contributed by atoms with van der Waals surface area (Å²) >= 11 is 0. The van der Waals surface area contributed by atoms with Crippen molar-refractivity contribution in [1.82, 2.24) is 4.90 Å². The van der Waals surface area contributed by atoms with Crippen molar-refractivity contribution in [3.8, 4) is 0 Å². The number of aliphatic hydroxyl groups is 1.